The van der Waals surface area contributed by atoms with Crippen LogP contribution in [-0.4, -0.2) is 93.6 Å². The average molecular weight is 661 g/mol. The van der Waals surface area contributed by atoms with Crippen molar-refractivity contribution in [1.29, 1.82) is 0 Å². The number of aliphatic hydroxyl groups excluding tert-OH is 1. The van der Waals surface area contributed by atoms with Crippen LogP contribution in [0.3, 0.4) is 0 Å². The molecule has 6 atom stereocenters. The molecule has 1 spiro atoms. The number of unbranched alkanes of at least 4 members (excludes halogenated alkanes) is 2. The minimum Gasteiger partial charge on any atom is -0.494 e. The first-order valence-electron chi connectivity index (χ1n) is 15.3. The number of nitrogens with zero attached hydrogens (tertiary/aromatic N) is 3. The highest BCUT2D eigenvalue weighted by atomic mass is 79.9. The maximum Gasteiger partial charge on any atom is 0.249 e. The molecule has 3 saturated heterocycles. The molecule has 0 aliphatic carbocycles. The Morgan fingerprint density at radius 1 is 1.14 bits per heavy atom. The summed E-state index contributed by atoms with van der Waals surface area (Å²) in [7, 11) is 0. The summed E-state index contributed by atoms with van der Waals surface area (Å²) in [6.07, 6.45) is 5.19. The Morgan fingerprint density at radius 3 is 2.40 bits per heavy atom. The molecule has 10 heteroatoms. The topological polar surface area (TPSA) is 99.6 Å². The van der Waals surface area contributed by atoms with Gasteiger partial charge in [-0.2, -0.15) is 0 Å². The van der Waals surface area contributed by atoms with Gasteiger partial charge in [-0.15, -0.1) is 13.2 Å². The lowest BCUT2D eigenvalue weighted by Crippen LogP contribution is -2.60. The Balaban J connectivity index is 1.75. The summed E-state index contributed by atoms with van der Waals surface area (Å²) in [6, 6.07) is 6.42. The van der Waals surface area contributed by atoms with Gasteiger partial charge < -0.3 is 29.3 Å². The third kappa shape index (κ3) is 6.15. The number of hydrogen-bond acceptors (Lipinski definition) is 6. The van der Waals surface area contributed by atoms with E-state index in [0.29, 0.717) is 56.8 Å². The fourth-order valence-electron chi connectivity index (χ4n) is 6.99. The number of likely N-dealkylation sites (tertiary alicyclic amines) is 1. The number of amides is 3. The minimum absolute atomic E-state index is 0.0668. The average Bonchev–Trinajstić information content (AvgIpc) is 3.55. The SMILES string of the molecule is C=CCN(C(=O)[C@H]1[C@@H]2OC3(CC2Br)C(C(=O)N(CC=C)C(C)(C)C)N(CCCCCO)C(=O)[C@H]13)c1ccc(OCC)cc1. The molecule has 1 N–H and O–H groups in total. The number of anilines is 1. The number of halogens is 1. The molecule has 9 nitrogen and oxygen atoms in total. The maximum atomic E-state index is 14.5. The second-order valence-electron chi connectivity index (χ2n) is 12.6. The number of fused-ring (bicyclic) bond motifs is 1. The van der Waals surface area contributed by atoms with E-state index >= 15 is 0 Å². The number of carbonyl (C=O) groups excluding carboxylic acids is 3. The molecule has 236 valence electrons. The van der Waals surface area contributed by atoms with Crippen molar-refractivity contribution in [1.82, 2.24) is 9.80 Å². The van der Waals surface area contributed by atoms with E-state index in [1.165, 1.54) is 0 Å². The Bertz CT molecular complexity index is 1200. The van der Waals surface area contributed by atoms with Crippen molar-refractivity contribution in [3.8, 4) is 5.75 Å². The van der Waals surface area contributed by atoms with Gasteiger partial charge in [0.1, 0.15) is 17.4 Å². The highest BCUT2D eigenvalue weighted by Gasteiger charge is 2.77. The third-order valence-corrected chi connectivity index (χ3v) is 9.63. The minimum atomic E-state index is -1.15. The Hall–Kier alpha value is -2.69. The number of carbonyl (C=O) groups is 3. The standard InChI is InChI=1S/C33H46BrN3O6/c1-7-17-35(22-13-15-23(16-14-22)42-9-3)29(39)25-26-30(40)36(19-11-10-12-20-38)28(33(26)21-24(34)27(25)43-33)31(41)37(18-8-2)32(4,5)6/h7-8,13-16,24-28,38H,1-2,9-12,17-21H2,3-6H3/t24?,25-,26+,27-,28?,33?/m1/s1. The molecule has 3 heterocycles. The first kappa shape index (κ1) is 33.2. The predicted molar refractivity (Wildman–Crippen MR) is 170 cm³/mol. The van der Waals surface area contributed by atoms with Crippen LogP contribution in [0.5, 0.6) is 5.75 Å². The normalized spacial score (nSPS) is 27.6. The van der Waals surface area contributed by atoms with Crippen LogP contribution in [0.1, 0.15) is 53.4 Å². The second kappa shape index (κ2) is 13.5. The zero-order chi connectivity index (χ0) is 31.5. The van der Waals surface area contributed by atoms with E-state index in [1.807, 2.05) is 52.0 Å². The van der Waals surface area contributed by atoms with Crippen molar-refractivity contribution in [3.63, 3.8) is 0 Å². The molecule has 43 heavy (non-hydrogen) atoms. The van der Waals surface area contributed by atoms with Gasteiger partial charge in [0.05, 0.1) is 24.5 Å². The van der Waals surface area contributed by atoms with Crippen LogP contribution in [0.25, 0.3) is 0 Å². The molecule has 3 fully saturated rings. The molecule has 3 unspecified atom stereocenters. The lowest BCUT2D eigenvalue weighted by molar-refractivity contribution is -0.151. The zero-order valence-corrected chi connectivity index (χ0v) is 27.4. The van der Waals surface area contributed by atoms with Crippen molar-refractivity contribution in [2.24, 2.45) is 11.8 Å². The molecule has 1 aromatic rings. The van der Waals surface area contributed by atoms with Gasteiger partial charge in [-0.3, -0.25) is 14.4 Å². The van der Waals surface area contributed by atoms with E-state index in [-0.39, 0.29) is 35.7 Å². The number of ether oxygens (including phenoxy) is 2. The smallest absolute Gasteiger partial charge is 0.249 e. The lowest BCUT2D eigenvalue weighted by atomic mass is 9.70. The van der Waals surface area contributed by atoms with Gasteiger partial charge >= 0.3 is 0 Å². The quantitative estimate of drug-likeness (QED) is 0.181. The van der Waals surface area contributed by atoms with Crippen molar-refractivity contribution in [2.45, 2.75) is 81.5 Å². The highest BCUT2D eigenvalue weighted by molar-refractivity contribution is 9.09. The maximum absolute atomic E-state index is 14.5. The van der Waals surface area contributed by atoms with Crippen LogP contribution in [0.2, 0.25) is 0 Å². The van der Waals surface area contributed by atoms with Crippen molar-refractivity contribution >= 4 is 39.3 Å². The lowest BCUT2D eigenvalue weighted by Gasteiger charge is -2.42. The number of benzene rings is 1. The summed E-state index contributed by atoms with van der Waals surface area (Å²) in [5.41, 5.74) is -1.01. The van der Waals surface area contributed by atoms with Gasteiger partial charge in [0.15, 0.2) is 0 Å². The predicted octanol–water partition coefficient (Wildman–Crippen LogP) is 4.33. The van der Waals surface area contributed by atoms with Gasteiger partial charge in [-0.25, -0.2) is 0 Å². The van der Waals surface area contributed by atoms with E-state index < -0.39 is 35.1 Å². The summed E-state index contributed by atoms with van der Waals surface area (Å²) >= 11 is 3.77. The molecular weight excluding hydrogens is 614 g/mol. The van der Waals surface area contributed by atoms with Crippen LogP contribution < -0.4 is 9.64 Å². The number of aliphatic hydroxyl groups is 1. The summed E-state index contributed by atoms with van der Waals surface area (Å²) in [4.78, 5) is 48.2. The first-order valence-corrected chi connectivity index (χ1v) is 16.2. The monoisotopic (exact) mass is 659 g/mol. The fraction of sp³-hybridized carbons (Fsp3) is 0.606. The highest BCUT2D eigenvalue weighted by Crippen LogP contribution is 2.60. The summed E-state index contributed by atoms with van der Waals surface area (Å²) in [6.45, 7) is 17.0. The van der Waals surface area contributed by atoms with Gasteiger partial charge in [0.25, 0.3) is 0 Å². The largest absolute Gasteiger partial charge is 0.494 e. The molecule has 1 aromatic carbocycles. The van der Waals surface area contributed by atoms with Crippen molar-refractivity contribution in [2.75, 3.05) is 37.7 Å². The molecule has 0 saturated carbocycles. The second-order valence-corrected chi connectivity index (χ2v) is 13.7. The van der Waals surface area contributed by atoms with Gasteiger partial charge in [-0.1, -0.05) is 28.1 Å². The molecule has 0 aromatic heterocycles. The van der Waals surface area contributed by atoms with E-state index in [0.717, 1.165) is 0 Å². The summed E-state index contributed by atoms with van der Waals surface area (Å²) < 4.78 is 12.3. The molecule has 2 bridgehead atoms. The number of hydrogen-bond donors (Lipinski definition) is 1. The molecule has 0 radical (unpaired) electrons. The van der Waals surface area contributed by atoms with Crippen molar-refractivity contribution < 1.29 is 29.0 Å². The molecule has 3 aliphatic heterocycles. The summed E-state index contributed by atoms with van der Waals surface area (Å²) in [5.74, 6) is -1.53. The van der Waals surface area contributed by atoms with Crippen molar-refractivity contribution in [3.05, 3.63) is 49.6 Å². The van der Waals surface area contributed by atoms with Crippen LogP contribution in [-0.2, 0) is 19.1 Å². The van der Waals surface area contributed by atoms with Crippen LogP contribution in [0.15, 0.2) is 49.6 Å². The third-order valence-electron chi connectivity index (χ3n) is 8.79. The van der Waals surface area contributed by atoms with E-state index in [1.54, 1.807) is 26.9 Å². The first-order chi connectivity index (χ1) is 20.5. The van der Waals surface area contributed by atoms with E-state index in [4.69, 9.17) is 9.47 Å². The molecule has 3 amide bonds. The Kier molecular flexibility index (Phi) is 10.4. The molecule has 4 rings (SSSR count). The Labute approximate surface area is 264 Å². The fourth-order valence-corrected chi connectivity index (χ4v) is 7.94. The zero-order valence-electron chi connectivity index (χ0n) is 25.8. The number of alkyl halides is 1. The molecular formula is C33H46BrN3O6. The van der Waals surface area contributed by atoms with Crippen LogP contribution >= 0.6 is 15.9 Å². The Morgan fingerprint density at radius 2 is 1.81 bits per heavy atom. The van der Waals surface area contributed by atoms with Crippen LogP contribution in [0, 0.1) is 11.8 Å². The van der Waals surface area contributed by atoms with E-state index in [2.05, 4.69) is 29.1 Å². The van der Waals surface area contributed by atoms with Crippen LogP contribution in [0.4, 0.5) is 5.69 Å². The van der Waals surface area contributed by atoms with E-state index in [9.17, 15) is 19.5 Å². The van der Waals surface area contributed by atoms with Gasteiger partial charge in [0.2, 0.25) is 17.7 Å². The molecule has 3 aliphatic rings. The number of rotatable bonds is 14. The summed E-state index contributed by atoms with van der Waals surface area (Å²) in [5, 5.41) is 9.31. The van der Waals surface area contributed by atoms with Gasteiger partial charge in [0, 0.05) is 42.3 Å². The van der Waals surface area contributed by atoms with Gasteiger partial charge in [-0.05, 0) is 77.6 Å².